The first-order valence-corrected chi connectivity index (χ1v) is 6.50. The fourth-order valence-corrected chi connectivity index (χ4v) is 1.54. The summed E-state index contributed by atoms with van der Waals surface area (Å²) in [5.74, 6) is -1.51. The number of carboxylic acids is 1. The minimum atomic E-state index is -1.08. The zero-order valence-electron chi connectivity index (χ0n) is 11.2. The number of carbonyl (C=O) groups excluding carboxylic acids is 2. The van der Waals surface area contributed by atoms with Crippen LogP contribution < -0.4 is 16.0 Å². The molecule has 0 aliphatic heterocycles. The van der Waals surface area contributed by atoms with Crippen LogP contribution in [0.2, 0.25) is 0 Å². The van der Waals surface area contributed by atoms with Crippen molar-refractivity contribution in [1.82, 2.24) is 16.0 Å². The van der Waals surface area contributed by atoms with Gasteiger partial charge in [-0.15, -0.1) is 0 Å². The Bertz CT molecular complexity index is 355. The molecule has 0 bridgehead atoms. The summed E-state index contributed by atoms with van der Waals surface area (Å²) in [6.07, 6.45) is 2.60. The van der Waals surface area contributed by atoms with Gasteiger partial charge in [-0.2, -0.15) is 0 Å². The van der Waals surface area contributed by atoms with Crippen molar-refractivity contribution in [3.05, 3.63) is 0 Å². The summed E-state index contributed by atoms with van der Waals surface area (Å²) in [6, 6.07) is -1.35. The van der Waals surface area contributed by atoms with Crippen molar-refractivity contribution in [3.63, 3.8) is 0 Å². The van der Waals surface area contributed by atoms with Gasteiger partial charge in [-0.1, -0.05) is 20.3 Å². The normalized spacial score (nSPS) is 17.2. The number of rotatable bonds is 7. The molecule has 19 heavy (non-hydrogen) atoms. The third-order valence-corrected chi connectivity index (χ3v) is 3.12. The van der Waals surface area contributed by atoms with Crippen LogP contribution in [0.5, 0.6) is 0 Å². The molecule has 0 spiro atoms. The second kappa shape index (κ2) is 6.96. The highest BCUT2D eigenvalue weighted by Crippen LogP contribution is 2.18. The summed E-state index contributed by atoms with van der Waals surface area (Å²) < 4.78 is 0. The Kier molecular flexibility index (Phi) is 5.59. The van der Waals surface area contributed by atoms with Gasteiger partial charge in [-0.05, 0) is 18.8 Å². The quantitative estimate of drug-likeness (QED) is 0.525. The standard InChI is InChI=1S/C12H21N3O4/c1-3-7(2)10(11(17)18)15-12(19)13-6-9(16)14-8-4-5-8/h7-8,10H,3-6H2,1-2H3,(H,14,16)(H,17,18)(H2,13,15,19)/t7?,10-/m0/s1. The summed E-state index contributed by atoms with van der Waals surface area (Å²) in [4.78, 5) is 33.9. The Morgan fingerprint density at radius 3 is 2.42 bits per heavy atom. The van der Waals surface area contributed by atoms with Crippen molar-refractivity contribution in [2.75, 3.05) is 6.54 Å². The van der Waals surface area contributed by atoms with Crippen LogP contribution in [0.3, 0.4) is 0 Å². The minimum absolute atomic E-state index is 0.144. The van der Waals surface area contributed by atoms with E-state index in [1.807, 2.05) is 6.92 Å². The third kappa shape index (κ3) is 5.58. The SMILES string of the molecule is CCC(C)[C@H](NC(=O)NCC(=O)NC1CC1)C(=O)O. The zero-order chi connectivity index (χ0) is 14.4. The van der Waals surface area contributed by atoms with Crippen LogP contribution in [-0.2, 0) is 9.59 Å². The molecule has 3 amide bonds. The molecule has 0 radical (unpaired) electrons. The van der Waals surface area contributed by atoms with E-state index >= 15 is 0 Å². The van der Waals surface area contributed by atoms with Gasteiger partial charge < -0.3 is 21.1 Å². The molecule has 1 saturated carbocycles. The van der Waals surface area contributed by atoms with E-state index in [1.165, 1.54) is 0 Å². The van der Waals surface area contributed by atoms with Gasteiger partial charge in [-0.25, -0.2) is 9.59 Å². The number of hydrogen-bond acceptors (Lipinski definition) is 3. The number of nitrogens with one attached hydrogen (secondary N) is 3. The Balaban J connectivity index is 2.30. The van der Waals surface area contributed by atoms with Gasteiger partial charge >= 0.3 is 12.0 Å². The molecular formula is C12H21N3O4. The van der Waals surface area contributed by atoms with E-state index in [1.54, 1.807) is 6.92 Å². The molecule has 7 heteroatoms. The lowest BCUT2D eigenvalue weighted by molar-refractivity contribution is -0.140. The maximum atomic E-state index is 11.5. The van der Waals surface area contributed by atoms with E-state index in [0.29, 0.717) is 6.42 Å². The highest BCUT2D eigenvalue weighted by Gasteiger charge is 2.26. The monoisotopic (exact) mass is 271 g/mol. The van der Waals surface area contributed by atoms with Crippen LogP contribution in [0.15, 0.2) is 0 Å². The molecule has 2 atom stereocenters. The van der Waals surface area contributed by atoms with Gasteiger partial charge in [0.05, 0.1) is 6.54 Å². The van der Waals surface area contributed by atoms with E-state index < -0.39 is 18.0 Å². The van der Waals surface area contributed by atoms with Gasteiger partial charge in [-0.3, -0.25) is 4.79 Å². The predicted molar refractivity (Wildman–Crippen MR) is 68.6 cm³/mol. The highest BCUT2D eigenvalue weighted by molar-refractivity contribution is 5.86. The fourth-order valence-electron chi connectivity index (χ4n) is 1.54. The predicted octanol–water partition coefficient (Wildman–Crippen LogP) is 0.0635. The molecule has 0 aromatic rings. The largest absolute Gasteiger partial charge is 0.480 e. The summed E-state index contributed by atoms with van der Waals surface area (Å²) in [5.41, 5.74) is 0. The van der Waals surface area contributed by atoms with Crippen molar-refractivity contribution < 1.29 is 19.5 Å². The van der Waals surface area contributed by atoms with Crippen LogP contribution in [0, 0.1) is 5.92 Å². The lowest BCUT2D eigenvalue weighted by atomic mass is 9.99. The van der Waals surface area contributed by atoms with Gasteiger partial charge in [0.2, 0.25) is 5.91 Å². The van der Waals surface area contributed by atoms with Crippen LogP contribution in [0.4, 0.5) is 4.79 Å². The summed E-state index contributed by atoms with van der Waals surface area (Å²) in [6.45, 7) is 3.46. The molecule has 0 saturated heterocycles. The Labute approximate surface area is 112 Å². The van der Waals surface area contributed by atoms with E-state index in [9.17, 15) is 14.4 Å². The van der Waals surface area contributed by atoms with Crippen molar-refractivity contribution in [2.45, 2.75) is 45.2 Å². The molecule has 108 valence electrons. The Morgan fingerprint density at radius 1 is 1.32 bits per heavy atom. The number of urea groups is 1. The summed E-state index contributed by atoms with van der Waals surface area (Å²) >= 11 is 0. The maximum absolute atomic E-state index is 11.5. The van der Waals surface area contributed by atoms with E-state index in [-0.39, 0.29) is 24.4 Å². The first-order chi connectivity index (χ1) is 8.93. The number of hydrogen-bond donors (Lipinski definition) is 4. The molecular weight excluding hydrogens is 250 g/mol. The fraction of sp³-hybridized carbons (Fsp3) is 0.750. The van der Waals surface area contributed by atoms with E-state index in [2.05, 4.69) is 16.0 Å². The number of aliphatic carboxylic acids is 1. The zero-order valence-corrected chi connectivity index (χ0v) is 11.2. The Morgan fingerprint density at radius 2 is 1.95 bits per heavy atom. The van der Waals surface area contributed by atoms with Gasteiger partial charge in [0.25, 0.3) is 0 Å². The first-order valence-electron chi connectivity index (χ1n) is 6.50. The van der Waals surface area contributed by atoms with Gasteiger partial charge in [0.1, 0.15) is 6.04 Å². The molecule has 1 unspecified atom stereocenters. The highest BCUT2D eigenvalue weighted by atomic mass is 16.4. The molecule has 1 aliphatic rings. The molecule has 7 nitrogen and oxygen atoms in total. The van der Waals surface area contributed by atoms with Crippen LogP contribution in [-0.4, -0.2) is 41.6 Å². The maximum Gasteiger partial charge on any atom is 0.326 e. The third-order valence-electron chi connectivity index (χ3n) is 3.12. The van der Waals surface area contributed by atoms with Crippen LogP contribution in [0.1, 0.15) is 33.1 Å². The van der Waals surface area contributed by atoms with Crippen LogP contribution >= 0.6 is 0 Å². The molecule has 4 N–H and O–H groups in total. The number of carbonyl (C=O) groups is 3. The average molecular weight is 271 g/mol. The first kappa shape index (κ1) is 15.3. The van der Waals surface area contributed by atoms with E-state index in [4.69, 9.17) is 5.11 Å². The second-order valence-electron chi connectivity index (χ2n) is 4.87. The molecule has 1 fully saturated rings. The summed E-state index contributed by atoms with van der Waals surface area (Å²) in [7, 11) is 0. The Hall–Kier alpha value is -1.79. The van der Waals surface area contributed by atoms with Crippen molar-refractivity contribution in [1.29, 1.82) is 0 Å². The molecule has 0 heterocycles. The van der Waals surface area contributed by atoms with Crippen molar-refractivity contribution >= 4 is 17.9 Å². The lowest BCUT2D eigenvalue weighted by Gasteiger charge is -2.20. The van der Waals surface area contributed by atoms with Crippen molar-refractivity contribution in [3.8, 4) is 0 Å². The number of amides is 3. The van der Waals surface area contributed by atoms with Crippen LogP contribution in [0.25, 0.3) is 0 Å². The summed E-state index contributed by atoms with van der Waals surface area (Å²) in [5, 5.41) is 16.4. The van der Waals surface area contributed by atoms with Gasteiger partial charge in [0, 0.05) is 6.04 Å². The molecule has 1 aliphatic carbocycles. The smallest absolute Gasteiger partial charge is 0.326 e. The topological polar surface area (TPSA) is 108 Å². The van der Waals surface area contributed by atoms with E-state index in [0.717, 1.165) is 12.8 Å². The molecule has 0 aromatic heterocycles. The minimum Gasteiger partial charge on any atom is -0.480 e. The van der Waals surface area contributed by atoms with Gasteiger partial charge in [0.15, 0.2) is 0 Å². The molecule has 0 aromatic carbocycles. The number of carboxylic acid groups (broad SMARTS) is 1. The lowest BCUT2D eigenvalue weighted by Crippen LogP contribution is -2.50. The molecule has 1 rings (SSSR count). The average Bonchev–Trinajstić information content (AvgIpc) is 3.16. The second-order valence-corrected chi connectivity index (χ2v) is 4.87. The van der Waals surface area contributed by atoms with Crippen molar-refractivity contribution in [2.24, 2.45) is 5.92 Å².